The number of nitrogens with zero attached hydrogens (tertiary/aromatic N) is 3. The van der Waals surface area contributed by atoms with Crippen molar-refractivity contribution in [2.24, 2.45) is 0 Å². The normalized spacial score (nSPS) is 10.4. The molecule has 5 nitrogen and oxygen atoms in total. The van der Waals surface area contributed by atoms with E-state index in [0.717, 1.165) is 16.8 Å². The quantitative estimate of drug-likeness (QED) is 0.641. The van der Waals surface area contributed by atoms with Crippen molar-refractivity contribution in [2.75, 3.05) is 0 Å². The second kappa shape index (κ2) is 3.21. The number of hydrogen-bond acceptors (Lipinski definition) is 3. The number of H-pyrrole nitrogens is 2. The van der Waals surface area contributed by atoms with Crippen molar-refractivity contribution in [3.8, 4) is 17.5 Å². The largest absolute Gasteiger partial charge is 0.360 e. The van der Waals surface area contributed by atoms with Crippen LogP contribution in [0.4, 0.5) is 0 Å². The monoisotopic (exact) mass is 209 g/mol. The maximum atomic E-state index is 8.69. The molecule has 0 aliphatic carbocycles. The summed E-state index contributed by atoms with van der Waals surface area (Å²) in [6.07, 6.45) is 3.50. The Morgan fingerprint density at radius 3 is 3.00 bits per heavy atom. The molecule has 0 amide bonds. The van der Waals surface area contributed by atoms with Crippen LogP contribution in [-0.2, 0) is 0 Å². The van der Waals surface area contributed by atoms with E-state index in [4.69, 9.17) is 5.26 Å². The molecule has 0 bridgehead atoms. The van der Waals surface area contributed by atoms with Crippen LogP contribution in [0.1, 0.15) is 5.82 Å². The summed E-state index contributed by atoms with van der Waals surface area (Å²) in [6, 6.07) is 7.75. The molecule has 3 heterocycles. The third kappa shape index (κ3) is 1.25. The van der Waals surface area contributed by atoms with Crippen molar-refractivity contribution >= 4 is 11.0 Å². The maximum Gasteiger partial charge on any atom is 0.234 e. The first-order chi connectivity index (χ1) is 7.86. The Morgan fingerprint density at radius 2 is 2.25 bits per heavy atom. The Balaban J connectivity index is 2.20. The molecule has 0 unspecified atom stereocenters. The molecule has 0 aliphatic rings. The lowest BCUT2D eigenvalue weighted by Gasteiger charge is -1.89. The molecule has 16 heavy (non-hydrogen) atoms. The van der Waals surface area contributed by atoms with Crippen molar-refractivity contribution in [1.82, 2.24) is 19.9 Å². The first-order valence-electron chi connectivity index (χ1n) is 4.76. The number of aromatic amines is 2. The Hall–Kier alpha value is -2.61. The third-order valence-electron chi connectivity index (χ3n) is 2.36. The molecule has 0 fully saturated rings. The number of nitriles is 1. The summed E-state index contributed by atoms with van der Waals surface area (Å²) in [4.78, 5) is 14.2. The van der Waals surface area contributed by atoms with Crippen molar-refractivity contribution in [2.45, 2.75) is 0 Å². The van der Waals surface area contributed by atoms with Crippen molar-refractivity contribution in [3.63, 3.8) is 0 Å². The van der Waals surface area contributed by atoms with Gasteiger partial charge in [-0.15, -0.1) is 0 Å². The van der Waals surface area contributed by atoms with Crippen LogP contribution >= 0.6 is 0 Å². The van der Waals surface area contributed by atoms with Gasteiger partial charge in [0.05, 0.1) is 11.4 Å². The van der Waals surface area contributed by atoms with Crippen LogP contribution < -0.4 is 0 Å². The number of nitrogens with one attached hydrogen (secondary N) is 2. The van der Waals surface area contributed by atoms with E-state index in [1.807, 2.05) is 30.5 Å². The zero-order valence-electron chi connectivity index (χ0n) is 8.23. The SMILES string of the molecule is N#Cc1ncc2cc(-c3ccc[nH]3)[nH]c2n1. The molecular weight excluding hydrogens is 202 g/mol. The van der Waals surface area contributed by atoms with Gasteiger partial charge in [-0.25, -0.2) is 9.97 Å². The van der Waals surface area contributed by atoms with Crippen LogP contribution in [0.2, 0.25) is 0 Å². The van der Waals surface area contributed by atoms with Gasteiger partial charge in [0.25, 0.3) is 0 Å². The topological polar surface area (TPSA) is 81.1 Å². The second-order valence-corrected chi connectivity index (χ2v) is 3.38. The molecule has 0 spiro atoms. The lowest BCUT2D eigenvalue weighted by Crippen LogP contribution is -1.87. The van der Waals surface area contributed by atoms with E-state index >= 15 is 0 Å². The fourth-order valence-electron chi connectivity index (χ4n) is 1.61. The maximum absolute atomic E-state index is 8.69. The Labute approximate surface area is 90.8 Å². The van der Waals surface area contributed by atoms with Crippen LogP contribution in [-0.4, -0.2) is 19.9 Å². The first kappa shape index (κ1) is 8.68. The summed E-state index contributed by atoms with van der Waals surface area (Å²) in [5.41, 5.74) is 2.59. The van der Waals surface area contributed by atoms with Crippen LogP contribution in [0, 0.1) is 11.3 Å². The molecule has 5 heteroatoms. The lowest BCUT2D eigenvalue weighted by molar-refractivity contribution is 1.14. The summed E-state index contributed by atoms with van der Waals surface area (Å²) in [7, 11) is 0. The third-order valence-corrected chi connectivity index (χ3v) is 2.36. The molecule has 2 N–H and O–H groups in total. The summed E-state index contributed by atoms with van der Waals surface area (Å²) in [5, 5.41) is 9.58. The summed E-state index contributed by atoms with van der Waals surface area (Å²) in [6.45, 7) is 0. The van der Waals surface area contributed by atoms with Crippen LogP contribution in [0.5, 0.6) is 0 Å². The van der Waals surface area contributed by atoms with Gasteiger partial charge in [0.1, 0.15) is 11.7 Å². The molecule has 0 atom stereocenters. The molecule has 3 aromatic heterocycles. The van der Waals surface area contributed by atoms with Gasteiger partial charge in [-0.1, -0.05) is 0 Å². The lowest BCUT2D eigenvalue weighted by atomic mass is 10.3. The van der Waals surface area contributed by atoms with E-state index < -0.39 is 0 Å². The molecule has 0 aliphatic heterocycles. The van der Waals surface area contributed by atoms with Gasteiger partial charge in [-0.2, -0.15) is 5.26 Å². The summed E-state index contributed by atoms with van der Waals surface area (Å²) in [5.74, 6) is 0.174. The zero-order valence-corrected chi connectivity index (χ0v) is 8.23. The van der Waals surface area contributed by atoms with Gasteiger partial charge >= 0.3 is 0 Å². The number of fused-ring (bicyclic) bond motifs is 1. The number of aromatic nitrogens is 4. The van der Waals surface area contributed by atoms with Gasteiger partial charge in [0.2, 0.25) is 5.82 Å². The smallest absolute Gasteiger partial charge is 0.234 e. The molecule has 0 saturated carbocycles. The molecule has 0 radical (unpaired) electrons. The highest BCUT2D eigenvalue weighted by molar-refractivity contribution is 5.81. The predicted molar refractivity (Wildman–Crippen MR) is 58.4 cm³/mol. The van der Waals surface area contributed by atoms with Gasteiger partial charge in [0.15, 0.2) is 0 Å². The van der Waals surface area contributed by atoms with E-state index in [2.05, 4.69) is 19.9 Å². The highest BCUT2D eigenvalue weighted by Gasteiger charge is 2.05. The number of hydrogen-bond donors (Lipinski definition) is 2. The minimum Gasteiger partial charge on any atom is -0.360 e. The van der Waals surface area contributed by atoms with Crippen LogP contribution in [0.15, 0.2) is 30.6 Å². The molecule has 0 saturated heterocycles. The molecular formula is C11H7N5. The molecule has 3 rings (SSSR count). The Bertz CT molecular complexity index is 672. The van der Waals surface area contributed by atoms with Crippen LogP contribution in [0.3, 0.4) is 0 Å². The van der Waals surface area contributed by atoms with Gasteiger partial charge in [0, 0.05) is 17.8 Å². The first-order valence-corrected chi connectivity index (χ1v) is 4.76. The summed E-state index contributed by atoms with van der Waals surface area (Å²) < 4.78 is 0. The average Bonchev–Trinajstić information content (AvgIpc) is 2.96. The van der Waals surface area contributed by atoms with E-state index in [1.54, 1.807) is 6.20 Å². The van der Waals surface area contributed by atoms with Crippen molar-refractivity contribution in [1.29, 1.82) is 5.26 Å². The Morgan fingerprint density at radius 1 is 1.31 bits per heavy atom. The Kier molecular flexibility index (Phi) is 1.74. The van der Waals surface area contributed by atoms with E-state index in [0.29, 0.717) is 5.65 Å². The van der Waals surface area contributed by atoms with E-state index in [9.17, 15) is 0 Å². The molecule has 3 aromatic rings. The average molecular weight is 209 g/mol. The number of rotatable bonds is 1. The minimum atomic E-state index is 0.174. The molecule has 0 aromatic carbocycles. The van der Waals surface area contributed by atoms with E-state index in [1.165, 1.54) is 0 Å². The summed E-state index contributed by atoms with van der Waals surface area (Å²) >= 11 is 0. The fourth-order valence-corrected chi connectivity index (χ4v) is 1.61. The minimum absolute atomic E-state index is 0.174. The van der Waals surface area contributed by atoms with Crippen molar-refractivity contribution in [3.05, 3.63) is 36.4 Å². The van der Waals surface area contributed by atoms with Gasteiger partial charge in [-0.3, -0.25) is 0 Å². The standard InChI is InChI=1S/C11H7N5/c12-5-10-14-6-7-4-9(15-11(7)16-10)8-2-1-3-13-8/h1-4,6,13H,(H,14,15,16). The van der Waals surface area contributed by atoms with Crippen molar-refractivity contribution < 1.29 is 0 Å². The van der Waals surface area contributed by atoms with E-state index in [-0.39, 0.29) is 5.82 Å². The molecule has 76 valence electrons. The zero-order chi connectivity index (χ0) is 11.0. The fraction of sp³-hybridized carbons (Fsp3) is 0. The highest BCUT2D eigenvalue weighted by atomic mass is 14.9. The van der Waals surface area contributed by atoms with Gasteiger partial charge in [-0.05, 0) is 18.2 Å². The van der Waals surface area contributed by atoms with Gasteiger partial charge < -0.3 is 9.97 Å². The highest BCUT2D eigenvalue weighted by Crippen LogP contribution is 2.20. The predicted octanol–water partition coefficient (Wildman–Crippen LogP) is 1.82. The van der Waals surface area contributed by atoms with Crippen LogP contribution in [0.25, 0.3) is 22.4 Å². The second-order valence-electron chi connectivity index (χ2n) is 3.38.